The van der Waals surface area contributed by atoms with Crippen LogP contribution in [0.2, 0.25) is 0 Å². The molecule has 31 heavy (non-hydrogen) atoms. The predicted molar refractivity (Wildman–Crippen MR) is 125 cm³/mol. The summed E-state index contributed by atoms with van der Waals surface area (Å²) in [6, 6.07) is 22.2. The van der Waals surface area contributed by atoms with Crippen LogP contribution in [0.4, 0.5) is 11.4 Å². The van der Waals surface area contributed by atoms with E-state index in [1.807, 2.05) is 55.5 Å². The topological polar surface area (TPSA) is 67.4 Å². The Morgan fingerprint density at radius 1 is 0.839 bits per heavy atom. The summed E-state index contributed by atoms with van der Waals surface area (Å²) in [7, 11) is 0. The number of aryl methyl sites for hydroxylation is 1. The van der Waals surface area contributed by atoms with E-state index in [0.29, 0.717) is 28.6 Å². The molecule has 3 aromatic carbocycles. The van der Waals surface area contributed by atoms with Gasteiger partial charge in [0, 0.05) is 16.9 Å². The number of amides is 2. The first-order chi connectivity index (χ1) is 14.8. The molecule has 2 amide bonds. The van der Waals surface area contributed by atoms with Crippen LogP contribution >= 0.6 is 0 Å². The first kappa shape index (κ1) is 22.1. The number of carbonyl (C=O) groups excluding carboxylic acids is 2. The summed E-state index contributed by atoms with van der Waals surface area (Å²) in [5.74, 6) is 0.681. The van der Waals surface area contributed by atoms with E-state index in [1.165, 1.54) is 5.56 Å². The smallest absolute Gasteiger partial charge is 0.265 e. The van der Waals surface area contributed by atoms with Crippen molar-refractivity contribution in [2.75, 3.05) is 10.6 Å². The van der Waals surface area contributed by atoms with Crippen LogP contribution in [-0.2, 0) is 4.79 Å². The Balaban J connectivity index is 1.59. The minimum atomic E-state index is -0.650. The second kappa shape index (κ2) is 9.94. The number of rotatable bonds is 7. The van der Waals surface area contributed by atoms with Gasteiger partial charge in [-0.2, -0.15) is 0 Å². The van der Waals surface area contributed by atoms with E-state index in [1.54, 1.807) is 31.2 Å². The van der Waals surface area contributed by atoms with Crippen LogP contribution in [0.5, 0.6) is 5.75 Å². The van der Waals surface area contributed by atoms with E-state index in [-0.39, 0.29) is 11.8 Å². The molecule has 0 bridgehead atoms. The number of nitrogens with one attached hydrogen (secondary N) is 2. The predicted octanol–water partition coefficient (Wildman–Crippen LogP) is 5.78. The molecule has 0 fully saturated rings. The summed E-state index contributed by atoms with van der Waals surface area (Å²) in [5, 5.41) is 5.77. The van der Waals surface area contributed by atoms with Gasteiger partial charge in [-0.15, -0.1) is 0 Å². The van der Waals surface area contributed by atoms with Crippen LogP contribution < -0.4 is 15.4 Å². The molecule has 0 aliphatic carbocycles. The van der Waals surface area contributed by atoms with Gasteiger partial charge in [0.15, 0.2) is 6.10 Å². The lowest BCUT2D eigenvalue weighted by atomic mass is 10.0. The first-order valence-corrected chi connectivity index (χ1v) is 10.4. The van der Waals surface area contributed by atoms with Gasteiger partial charge in [-0.25, -0.2) is 0 Å². The number of benzene rings is 3. The summed E-state index contributed by atoms with van der Waals surface area (Å²) < 4.78 is 5.77. The third kappa shape index (κ3) is 5.95. The Hall–Kier alpha value is -3.60. The van der Waals surface area contributed by atoms with Gasteiger partial charge >= 0.3 is 0 Å². The van der Waals surface area contributed by atoms with Crippen LogP contribution in [0.3, 0.4) is 0 Å². The highest BCUT2D eigenvalue weighted by Crippen LogP contribution is 2.22. The standard InChI is InChI=1S/C26H28N2O3/c1-17(2)20-10-13-23(14-11-20)31-19(4)25(29)27-22-12-15-24(18(3)16-22)28-26(30)21-8-6-5-7-9-21/h5-17,19H,1-4H3,(H,27,29)(H,28,30). The first-order valence-electron chi connectivity index (χ1n) is 10.4. The summed E-state index contributed by atoms with van der Waals surface area (Å²) in [6.45, 7) is 7.86. The lowest BCUT2D eigenvalue weighted by Gasteiger charge is -2.16. The molecule has 2 N–H and O–H groups in total. The number of hydrogen-bond acceptors (Lipinski definition) is 3. The molecule has 1 unspecified atom stereocenters. The second-order valence-electron chi connectivity index (χ2n) is 7.82. The van der Waals surface area contributed by atoms with Crippen molar-refractivity contribution in [3.63, 3.8) is 0 Å². The van der Waals surface area contributed by atoms with Crippen molar-refractivity contribution in [3.05, 3.63) is 89.5 Å². The fourth-order valence-corrected chi connectivity index (χ4v) is 3.10. The number of carbonyl (C=O) groups is 2. The average molecular weight is 417 g/mol. The van der Waals surface area contributed by atoms with E-state index >= 15 is 0 Å². The summed E-state index contributed by atoms with van der Waals surface area (Å²) in [4.78, 5) is 24.9. The molecule has 5 heteroatoms. The fourth-order valence-electron chi connectivity index (χ4n) is 3.10. The Labute approximate surface area is 183 Å². The van der Waals surface area contributed by atoms with Crippen molar-refractivity contribution in [1.29, 1.82) is 0 Å². The zero-order valence-corrected chi connectivity index (χ0v) is 18.3. The lowest BCUT2D eigenvalue weighted by molar-refractivity contribution is -0.122. The van der Waals surface area contributed by atoms with Gasteiger partial charge in [0.1, 0.15) is 5.75 Å². The SMILES string of the molecule is Cc1cc(NC(=O)C(C)Oc2ccc(C(C)C)cc2)ccc1NC(=O)c1ccccc1. The highest BCUT2D eigenvalue weighted by Gasteiger charge is 2.16. The lowest BCUT2D eigenvalue weighted by Crippen LogP contribution is -2.30. The molecule has 0 saturated carbocycles. The summed E-state index contributed by atoms with van der Waals surface area (Å²) in [5.41, 5.74) is 4.00. The number of ether oxygens (including phenoxy) is 1. The zero-order chi connectivity index (χ0) is 22.4. The van der Waals surface area contributed by atoms with Crippen LogP contribution in [0.1, 0.15) is 48.2 Å². The molecular formula is C26H28N2O3. The van der Waals surface area contributed by atoms with E-state index < -0.39 is 6.10 Å². The maximum Gasteiger partial charge on any atom is 0.265 e. The Morgan fingerprint density at radius 2 is 1.52 bits per heavy atom. The van der Waals surface area contributed by atoms with Crippen molar-refractivity contribution in [2.24, 2.45) is 0 Å². The van der Waals surface area contributed by atoms with E-state index in [2.05, 4.69) is 24.5 Å². The van der Waals surface area contributed by atoms with E-state index in [4.69, 9.17) is 4.74 Å². The van der Waals surface area contributed by atoms with Gasteiger partial charge in [-0.3, -0.25) is 9.59 Å². The Bertz CT molecular complexity index is 1040. The highest BCUT2D eigenvalue weighted by molar-refractivity contribution is 6.04. The largest absolute Gasteiger partial charge is 0.481 e. The van der Waals surface area contributed by atoms with Crippen molar-refractivity contribution in [3.8, 4) is 5.75 Å². The minimum absolute atomic E-state index is 0.175. The fraction of sp³-hybridized carbons (Fsp3) is 0.231. The summed E-state index contributed by atoms with van der Waals surface area (Å²) >= 11 is 0. The number of anilines is 2. The molecule has 3 aromatic rings. The van der Waals surface area contributed by atoms with Gasteiger partial charge in [0.2, 0.25) is 0 Å². The maximum absolute atomic E-state index is 12.5. The van der Waals surface area contributed by atoms with Crippen LogP contribution in [-0.4, -0.2) is 17.9 Å². The summed E-state index contributed by atoms with van der Waals surface area (Å²) in [6.07, 6.45) is -0.650. The van der Waals surface area contributed by atoms with Crippen molar-refractivity contribution < 1.29 is 14.3 Å². The molecule has 1 atom stereocenters. The third-order valence-corrected chi connectivity index (χ3v) is 5.01. The van der Waals surface area contributed by atoms with E-state index in [0.717, 1.165) is 5.56 Å². The molecule has 0 aliphatic heterocycles. The molecule has 0 aromatic heterocycles. The van der Waals surface area contributed by atoms with Crippen LogP contribution in [0.25, 0.3) is 0 Å². The van der Waals surface area contributed by atoms with Crippen molar-refractivity contribution >= 4 is 23.2 Å². The van der Waals surface area contributed by atoms with Crippen LogP contribution in [0.15, 0.2) is 72.8 Å². The monoisotopic (exact) mass is 416 g/mol. The Kier molecular flexibility index (Phi) is 7.08. The third-order valence-electron chi connectivity index (χ3n) is 5.01. The van der Waals surface area contributed by atoms with E-state index in [9.17, 15) is 9.59 Å². The quantitative estimate of drug-likeness (QED) is 0.513. The minimum Gasteiger partial charge on any atom is -0.481 e. The maximum atomic E-state index is 12.5. The number of hydrogen-bond donors (Lipinski definition) is 2. The van der Waals surface area contributed by atoms with Crippen molar-refractivity contribution in [1.82, 2.24) is 0 Å². The molecule has 0 aliphatic rings. The molecular weight excluding hydrogens is 388 g/mol. The molecule has 0 saturated heterocycles. The van der Waals surface area contributed by atoms with Gasteiger partial charge in [-0.05, 0) is 73.4 Å². The molecule has 5 nitrogen and oxygen atoms in total. The second-order valence-corrected chi connectivity index (χ2v) is 7.82. The van der Waals surface area contributed by atoms with Gasteiger partial charge in [0.25, 0.3) is 11.8 Å². The van der Waals surface area contributed by atoms with Gasteiger partial charge in [0.05, 0.1) is 0 Å². The molecule has 0 radical (unpaired) electrons. The molecule has 0 heterocycles. The zero-order valence-electron chi connectivity index (χ0n) is 18.3. The average Bonchev–Trinajstić information content (AvgIpc) is 2.76. The van der Waals surface area contributed by atoms with Gasteiger partial charge < -0.3 is 15.4 Å². The molecule has 160 valence electrons. The van der Waals surface area contributed by atoms with Crippen molar-refractivity contribution in [2.45, 2.75) is 39.7 Å². The van der Waals surface area contributed by atoms with Gasteiger partial charge in [-0.1, -0.05) is 44.2 Å². The van der Waals surface area contributed by atoms with Crippen LogP contribution in [0, 0.1) is 6.92 Å². The Morgan fingerprint density at radius 3 is 2.13 bits per heavy atom. The normalized spacial score (nSPS) is 11.6. The molecule has 0 spiro atoms. The molecule has 3 rings (SSSR count). The highest BCUT2D eigenvalue weighted by atomic mass is 16.5.